The van der Waals surface area contributed by atoms with Crippen molar-refractivity contribution >= 4 is 5.52 Å². The normalized spacial score (nSPS) is 12.8. The van der Waals surface area contributed by atoms with E-state index in [0.29, 0.717) is 12.6 Å². The lowest BCUT2D eigenvalue weighted by atomic mass is 10.1. The van der Waals surface area contributed by atoms with Crippen molar-refractivity contribution in [2.45, 2.75) is 19.5 Å². The number of nitriles is 1. The summed E-state index contributed by atoms with van der Waals surface area (Å²) >= 11 is 0. The van der Waals surface area contributed by atoms with Gasteiger partial charge in [0, 0.05) is 37.7 Å². The molecule has 0 bridgehead atoms. The number of methoxy groups -OCH3 is 1. The van der Waals surface area contributed by atoms with Gasteiger partial charge in [-0.05, 0) is 26.1 Å². The van der Waals surface area contributed by atoms with Crippen molar-refractivity contribution in [3.05, 3.63) is 41.7 Å². The van der Waals surface area contributed by atoms with Crippen LogP contribution in [-0.2, 0) is 11.3 Å². The van der Waals surface area contributed by atoms with Crippen LogP contribution in [0, 0.1) is 11.3 Å². The van der Waals surface area contributed by atoms with Crippen LogP contribution in [0.15, 0.2) is 30.6 Å². The lowest BCUT2D eigenvalue weighted by Gasteiger charge is -2.23. The van der Waals surface area contributed by atoms with Crippen LogP contribution in [0.25, 0.3) is 5.52 Å². The summed E-state index contributed by atoms with van der Waals surface area (Å²) in [4.78, 5) is 2.19. The van der Waals surface area contributed by atoms with E-state index >= 15 is 0 Å². The molecule has 2 aromatic rings. The molecule has 0 aliphatic carbocycles. The molecular weight excluding hydrogens is 238 g/mol. The number of rotatable bonds is 5. The van der Waals surface area contributed by atoms with Gasteiger partial charge in [-0.2, -0.15) is 5.26 Å². The van der Waals surface area contributed by atoms with Gasteiger partial charge in [0.15, 0.2) is 0 Å². The highest BCUT2D eigenvalue weighted by molar-refractivity contribution is 5.65. The van der Waals surface area contributed by atoms with E-state index in [1.165, 1.54) is 0 Å². The molecule has 0 aliphatic heterocycles. The van der Waals surface area contributed by atoms with Crippen molar-refractivity contribution < 1.29 is 4.74 Å². The average molecular weight is 257 g/mol. The Labute approximate surface area is 113 Å². The number of aromatic nitrogens is 1. The first kappa shape index (κ1) is 13.6. The van der Waals surface area contributed by atoms with E-state index in [1.807, 2.05) is 42.0 Å². The van der Waals surface area contributed by atoms with Crippen molar-refractivity contribution in [3.8, 4) is 6.07 Å². The van der Waals surface area contributed by atoms with Gasteiger partial charge in [-0.25, -0.2) is 0 Å². The van der Waals surface area contributed by atoms with Gasteiger partial charge < -0.3 is 9.14 Å². The molecular formula is C15H19N3O. The maximum absolute atomic E-state index is 9.35. The first-order valence-corrected chi connectivity index (χ1v) is 6.35. The topological polar surface area (TPSA) is 40.7 Å². The number of likely N-dealkylation sites (N-methyl/N-ethyl adjacent to an activating group) is 1. The summed E-state index contributed by atoms with van der Waals surface area (Å²) in [6, 6.07) is 8.53. The van der Waals surface area contributed by atoms with Gasteiger partial charge >= 0.3 is 0 Å². The molecule has 0 radical (unpaired) electrons. The zero-order valence-corrected chi connectivity index (χ0v) is 11.6. The third-order valence-electron chi connectivity index (χ3n) is 3.45. The molecule has 2 aromatic heterocycles. The second-order valence-corrected chi connectivity index (χ2v) is 4.85. The lowest BCUT2D eigenvalue weighted by molar-refractivity contribution is 0.112. The van der Waals surface area contributed by atoms with E-state index < -0.39 is 0 Å². The minimum Gasteiger partial charge on any atom is -0.383 e. The maximum atomic E-state index is 9.35. The Balaban J connectivity index is 2.28. The van der Waals surface area contributed by atoms with Crippen molar-refractivity contribution in [2.75, 3.05) is 20.8 Å². The molecule has 0 N–H and O–H groups in total. The molecule has 4 heteroatoms. The van der Waals surface area contributed by atoms with Crippen LogP contribution in [0.4, 0.5) is 0 Å². The van der Waals surface area contributed by atoms with E-state index in [-0.39, 0.29) is 0 Å². The molecule has 0 unspecified atom stereocenters. The largest absolute Gasteiger partial charge is 0.383 e. The molecule has 0 saturated carbocycles. The van der Waals surface area contributed by atoms with Crippen molar-refractivity contribution in [1.29, 1.82) is 5.26 Å². The summed E-state index contributed by atoms with van der Waals surface area (Å²) in [5, 5.41) is 9.35. The predicted molar refractivity (Wildman–Crippen MR) is 74.9 cm³/mol. The number of hydrogen-bond donors (Lipinski definition) is 0. The van der Waals surface area contributed by atoms with Crippen molar-refractivity contribution in [3.63, 3.8) is 0 Å². The molecule has 0 fully saturated rings. The van der Waals surface area contributed by atoms with E-state index in [4.69, 9.17) is 4.74 Å². The van der Waals surface area contributed by atoms with E-state index in [1.54, 1.807) is 7.11 Å². The van der Waals surface area contributed by atoms with Gasteiger partial charge in [0.05, 0.1) is 17.7 Å². The maximum Gasteiger partial charge on any atom is 0.102 e. The fraction of sp³-hybridized carbons (Fsp3) is 0.400. The Morgan fingerprint density at radius 3 is 2.95 bits per heavy atom. The second-order valence-electron chi connectivity index (χ2n) is 4.85. The van der Waals surface area contributed by atoms with Crippen molar-refractivity contribution in [1.82, 2.24) is 9.30 Å². The minimum absolute atomic E-state index is 0.319. The Kier molecular flexibility index (Phi) is 4.20. The minimum atomic E-state index is 0.319. The summed E-state index contributed by atoms with van der Waals surface area (Å²) in [7, 11) is 3.75. The summed E-state index contributed by atoms with van der Waals surface area (Å²) < 4.78 is 7.17. The molecule has 0 aromatic carbocycles. The zero-order valence-electron chi connectivity index (χ0n) is 11.6. The molecule has 2 heterocycles. The molecule has 100 valence electrons. The second kappa shape index (κ2) is 5.87. The smallest absolute Gasteiger partial charge is 0.102 e. The van der Waals surface area contributed by atoms with Gasteiger partial charge in [0.25, 0.3) is 0 Å². The number of hydrogen-bond acceptors (Lipinski definition) is 3. The van der Waals surface area contributed by atoms with E-state index in [2.05, 4.69) is 17.9 Å². The summed E-state index contributed by atoms with van der Waals surface area (Å²) in [5.74, 6) is 0. The predicted octanol–water partition coefficient (Wildman–Crippen LogP) is 2.28. The fourth-order valence-corrected chi connectivity index (χ4v) is 2.22. The number of pyridine rings is 1. The number of fused-ring (bicyclic) bond motifs is 1. The molecule has 0 aliphatic rings. The molecule has 0 spiro atoms. The first-order chi connectivity index (χ1) is 9.17. The molecule has 2 rings (SSSR count). The summed E-state index contributed by atoms with van der Waals surface area (Å²) in [6.45, 7) is 3.55. The quantitative estimate of drug-likeness (QED) is 0.825. The number of nitrogens with zero attached hydrogens (tertiary/aromatic N) is 3. The van der Waals surface area contributed by atoms with Crippen molar-refractivity contribution in [2.24, 2.45) is 0 Å². The molecule has 1 atom stereocenters. The number of ether oxygens (including phenoxy) is 1. The van der Waals surface area contributed by atoms with E-state index in [9.17, 15) is 5.26 Å². The van der Waals surface area contributed by atoms with E-state index in [0.717, 1.165) is 23.2 Å². The first-order valence-electron chi connectivity index (χ1n) is 6.35. The molecule has 0 saturated heterocycles. The highest BCUT2D eigenvalue weighted by Crippen LogP contribution is 2.19. The Morgan fingerprint density at radius 2 is 2.26 bits per heavy atom. The van der Waals surface area contributed by atoms with Crippen LogP contribution in [0.3, 0.4) is 0 Å². The van der Waals surface area contributed by atoms with Crippen LogP contribution in [-0.4, -0.2) is 36.1 Å². The Bertz CT molecular complexity index is 597. The van der Waals surface area contributed by atoms with Crippen LogP contribution in [0.1, 0.15) is 18.1 Å². The summed E-state index contributed by atoms with van der Waals surface area (Å²) in [5.41, 5.74) is 2.78. The fourth-order valence-electron chi connectivity index (χ4n) is 2.22. The standard InChI is InChI=1S/C15H19N3O/c1-12(11-19-3)17(2)9-13-10-18-7-5-4-6-15(18)14(13)8-16/h4-7,10,12H,9,11H2,1-3H3/t12-/m0/s1. The van der Waals surface area contributed by atoms with Crippen LogP contribution in [0.2, 0.25) is 0 Å². The molecule has 0 amide bonds. The van der Waals surface area contributed by atoms with Crippen LogP contribution in [0.5, 0.6) is 0 Å². The van der Waals surface area contributed by atoms with Gasteiger partial charge in [-0.15, -0.1) is 0 Å². The highest BCUT2D eigenvalue weighted by atomic mass is 16.5. The van der Waals surface area contributed by atoms with Gasteiger partial charge in [-0.1, -0.05) is 6.07 Å². The monoisotopic (exact) mass is 257 g/mol. The molecule has 19 heavy (non-hydrogen) atoms. The Hall–Kier alpha value is -1.83. The van der Waals surface area contributed by atoms with Gasteiger partial charge in [0.2, 0.25) is 0 Å². The van der Waals surface area contributed by atoms with Gasteiger partial charge in [-0.3, -0.25) is 4.90 Å². The van der Waals surface area contributed by atoms with Crippen LogP contribution < -0.4 is 0 Å². The average Bonchev–Trinajstić information content (AvgIpc) is 2.75. The third kappa shape index (κ3) is 2.78. The third-order valence-corrected chi connectivity index (χ3v) is 3.45. The summed E-state index contributed by atoms with van der Waals surface area (Å²) in [6.07, 6.45) is 4.00. The van der Waals surface area contributed by atoms with Gasteiger partial charge in [0.1, 0.15) is 6.07 Å². The molecule has 4 nitrogen and oxygen atoms in total. The highest BCUT2D eigenvalue weighted by Gasteiger charge is 2.15. The van der Waals surface area contributed by atoms with Crippen LogP contribution >= 0.6 is 0 Å². The Morgan fingerprint density at radius 1 is 1.47 bits per heavy atom. The lowest BCUT2D eigenvalue weighted by Crippen LogP contribution is -2.32. The zero-order chi connectivity index (χ0) is 13.8. The SMILES string of the molecule is COC[C@H](C)N(C)Cc1cn2ccccc2c1C#N.